The molecule has 0 aliphatic carbocycles. The van der Waals surface area contributed by atoms with E-state index in [4.69, 9.17) is 4.52 Å². The Hall–Kier alpha value is -4.39. The first-order chi connectivity index (χ1) is 15.8. The number of nitrogens with one attached hydrogen (secondary N) is 1. The number of benzene rings is 1. The summed E-state index contributed by atoms with van der Waals surface area (Å²) < 4.78 is 33.9. The normalized spacial score (nSPS) is 12.7. The summed E-state index contributed by atoms with van der Waals surface area (Å²) >= 11 is 0. The summed E-state index contributed by atoms with van der Waals surface area (Å²) in [6.45, 7) is 1.97. The summed E-state index contributed by atoms with van der Waals surface area (Å²) in [6, 6.07) is 11.4. The first kappa shape index (κ1) is 21.8. The summed E-state index contributed by atoms with van der Waals surface area (Å²) in [4.78, 5) is 17.2. The van der Waals surface area contributed by atoms with Gasteiger partial charge in [-0.15, -0.1) is 0 Å². The van der Waals surface area contributed by atoms with Crippen LogP contribution in [0.25, 0.3) is 11.3 Å². The van der Waals surface area contributed by atoms with Crippen LogP contribution in [0, 0.1) is 23.0 Å². The van der Waals surface area contributed by atoms with Crippen molar-refractivity contribution >= 4 is 5.91 Å². The lowest BCUT2D eigenvalue weighted by Gasteiger charge is -2.28. The van der Waals surface area contributed by atoms with Crippen molar-refractivity contribution in [3.05, 3.63) is 89.1 Å². The second-order valence-electron chi connectivity index (χ2n) is 7.64. The van der Waals surface area contributed by atoms with Gasteiger partial charge in [0.25, 0.3) is 5.91 Å². The molecule has 1 N–H and O–H groups in total. The summed E-state index contributed by atoms with van der Waals surface area (Å²) in [5, 5.41) is 20.0. The molecule has 1 unspecified atom stereocenters. The van der Waals surface area contributed by atoms with Gasteiger partial charge in [0.1, 0.15) is 23.4 Å². The van der Waals surface area contributed by atoms with Gasteiger partial charge in [-0.25, -0.2) is 13.8 Å². The van der Waals surface area contributed by atoms with Gasteiger partial charge in [-0.2, -0.15) is 10.4 Å². The molecule has 0 bridgehead atoms. The van der Waals surface area contributed by atoms with E-state index in [9.17, 15) is 18.8 Å². The summed E-state index contributed by atoms with van der Waals surface area (Å²) in [6.07, 6.45) is 3.47. The fraction of sp³-hybridized carbons (Fsp3) is 0.174. The van der Waals surface area contributed by atoms with Crippen molar-refractivity contribution in [1.29, 1.82) is 5.26 Å². The molecular formula is C23H18F2N6O2. The number of aromatic nitrogens is 4. The molecular weight excluding hydrogens is 430 g/mol. The van der Waals surface area contributed by atoms with Crippen molar-refractivity contribution in [2.24, 2.45) is 7.05 Å². The number of pyridine rings is 1. The first-order valence-corrected chi connectivity index (χ1v) is 9.87. The zero-order valence-electron chi connectivity index (χ0n) is 17.7. The third kappa shape index (κ3) is 4.34. The highest BCUT2D eigenvalue weighted by Crippen LogP contribution is 2.30. The quantitative estimate of drug-likeness (QED) is 0.484. The molecule has 0 radical (unpaired) electrons. The molecule has 1 amide bonds. The van der Waals surface area contributed by atoms with Crippen molar-refractivity contribution in [1.82, 2.24) is 25.2 Å². The molecule has 3 aromatic heterocycles. The fourth-order valence-corrected chi connectivity index (χ4v) is 3.40. The minimum Gasteiger partial charge on any atom is -0.355 e. The fourth-order valence-electron chi connectivity index (χ4n) is 3.40. The number of carbonyl (C=O) groups is 1. The van der Waals surface area contributed by atoms with E-state index in [-0.39, 0.29) is 29.3 Å². The van der Waals surface area contributed by atoms with Crippen LogP contribution in [0.4, 0.5) is 8.78 Å². The second kappa shape index (κ2) is 8.63. The van der Waals surface area contributed by atoms with Gasteiger partial charge in [-0.1, -0.05) is 11.2 Å². The number of aryl methyl sites for hydroxylation is 1. The van der Waals surface area contributed by atoms with E-state index in [1.165, 1.54) is 12.1 Å². The Morgan fingerprint density at radius 1 is 1.27 bits per heavy atom. The maximum absolute atomic E-state index is 14.0. The van der Waals surface area contributed by atoms with Crippen LogP contribution in [0.2, 0.25) is 0 Å². The van der Waals surface area contributed by atoms with Gasteiger partial charge in [0.15, 0.2) is 11.5 Å². The molecule has 1 atom stereocenters. The van der Waals surface area contributed by atoms with Gasteiger partial charge >= 0.3 is 0 Å². The highest BCUT2D eigenvalue weighted by molar-refractivity contribution is 5.93. The molecule has 0 aliphatic heterocycles. The molecule has 0 fully saturated rings. The number of hydrogen-bond acceptors (Lipinski definition) is 6. The van der Waals surface area contributed by atoms with E-state index in [1.807, 2.05) is 13.0 Å². The summed E-state index contributed by atoms with van der Waals surface area (Å²) in [5.74, 6) is -2.11. The Morgan fingerprint density at radius 3 is 2.79 bits per heavy atom. The molecule has 0 saturated carbocycles. The topological polar surface area (TPSA) is 110 Å². The number of rotatable bonds is 6. The lowest BCUT2D eigenvalue weighted by atomic mass is 9.80. The third-order valence-corrected chi connectivity index (χ3v) is 5.31. The predicted octanol–water partition coefficient (Wildman–Crippen LogP) is 3.36. The lowest BCUT2D eigenvalue weighted by molar-refractivity contribution is 0.0938. The van der Waals surface area contributed by atoms with E-state index >= 15 is 0 Å². The summed E-state index contributed by atoms with van der Waals surface area (Å²) in [7, 11) is 1.77. The maximum Gasteiger partial charge on any atom is 0.273 e. The number of nitrogens with zero attached hydrogens (tertiary/aromatic N) is 5. The van der Waals surface area contributed by atoms with Crippen molar-refractivity contribution in [3.8, 4) is 17.4 Å². The average molecular weight is 448 g/mol. The molecule has 4 rings (SSSR count). The van der Waals surface area contributed by atoms with Crippen LogP contribution in [-0.2, 0) is 12.5 Å². The standard InChI is InChI=1S/C23H18F2N6O2/c1-23(14-11-28-31(2)12-14,21-5-3-4-16(10-26)29-21)13-27-22(32)19-9-20(33-30-19)17-7-6-15(24)8-18(17)25/h3-9,11-12H,13H2,1-2H3,(H,27,32). The summed E-state index contributed by atoms with van der Waals surface area (Å²) in [5.41, 5.74) is 0.705. The smallest absolute Gasteiger partial charge is 0.273 e. The minimum absolute atomic E-state index is 0.00365. The Morgan fingerprint density at radius 2 is 2.09 bits per heavy atom. The molecule has 166 valence electrons. The van der Waals surface area contributed by atoms with Gasteiger partial charge in [-0.3, -0.25) is 9.48 Å². The molecule has 10 heteroatoms. The van der Waals surface area contributed by atoms with E-state index in [1.54, 1.807) is 42.3 Å². The van der Waals surface area contributed by atoms with Gasteiger partial charge in [-0.05, 0) is 31.2 Å². The Kier molecular flexibility index (Phi) is 5.70. The molecule has 33 heavy (non-hydrogen) atoms. The van der Waals surface area contributed by atoms with Crippen LogP contribution in [0.1, 0.15) is 34.4 Å². The van der Waals surface area contributed by atoms with Crippen molar-refractivity contribution < 1.29 is 18.1 Å². The predicted molar refractivity (Wildman–Crippen MR) is 113 cm³/mol. The highest BCUT2D eigenvalue weighted by Gasteiger charge is 2.33. The number of amides is 1. The Balaban J connectivity index is 1.59. The van der Waals surface area contributed by atoms with Crippen LogP contribution in [-0.4, -0.2) is 32.4 Å². The van der Waals surface area contributed by atoms with Crippen LogP contribution in [0.3, 0.4) is 0 Å². The number of halogens is 2. The van der Waals surface area contributed by atoms with Crippen molar-refractivity contribution in [3.63, 3.8) is 0 Å². The molecule has 1 aromatic carbocycles. The highest BCUT2D eigenvalue weighted by atomic mass is 19.1. The van der Waals surface area contributed by atoms with E-state index in [0.717, 1.165) is 17.7 Å². The van der Waals surface area contributed by atoms with Gasteiger partial charge in [0, 0.05) is 37.5 Å². The largest absolute Gasteiger partial charge is 0.355 e. The molecule has 0 spiro atoms. The molecule has 8 nitrogen and oxygen atoms in total. The first-order valence-electron chi connectivity index (χ1n) is 9.87. The van der Waals surface area contributed by atoms with E-state index < -0.39 is 23.0 Å². The zero-order chi connectivity index (χ0) is 23.6. The van der Waals surface area contributed by atoms with Crippen LogP contribution in [0.15, 0.2) is 59.4 Å². The second-order valence-corrected chi connectivity index (χ2v) is 7.64. The Bertz CT molecular complexity index is 1370. The SMILES string of the molecule is Cn1cc(C(C)(CNC(=O)c2cc(-c3ccc(F)cc3F)on2)c2cccc(C#N)n2)cn1. The average Bonchev–Trinajstić information content (AvgIpc) is 3.47. The van der Waals surface area contributed by atoms with Crippen LogP contribution >= 0.6 is 0 Å². The third-order valence-electron chi connectivity index (χ3n) is 5.31. The molecule has 0 saturated heterocycles. The molecule has 4 aromatic rings. The number of carbonyl (C=O) groups excluding carboxylic acids is 1. The maximum atomic E-state index is 14.0. The van der Waals surface area contributed by atoms with E-state index in [0.29, 0.717) is 5.69 Å². The van der Waals surface area contributed by atoms with Gasteiger partial charge < -0.3 is 9.84 Å². The van der Waals surface area contributed by atoms with Gasteiger partial charge in [0.2, 0.25) is 0 Å². The van der Waals surface area contributed by atoms with Crippen molar-refractivity contribution in [2.45, 2.75) is 12.3 Å². The number of hydrogen-bond donors (Lipinski definition) is 1. The van der Waals surface area contributed by atoms with Crippen LogP contribution < -0.4 is 5.32 Å². The van der Waals surface area contributed by atoms with Crippen molar-refractivity contribution in [2.75, 3.05) is 6.54 Å². The van der Waals surface area contributed by atoms with Crippen LogP contribution in [0.5, 0.6) is 0 Å². The van der Waals surface area contributed by atoms with E-state index in [2.05, 4.69) is 20.6 Å². The molecule has 3 heterocycles. The lowest BCUT2D eigenvalue weighted by Crippen LogP contribution is -2.40. The zero-order valence-corrected chi connectivity index (χ0v) is 17.7. The molecule has 0 aliphatic rings. The monoisotopic (exact) mass is 448 g/mol. The number of nitriles is 1. The minimum atomic E-state index is -0.828. The van der Waals surface area contributed by atoms with Gasteiger partial charge in [0.05, 0.1) is 22.9 Å². The Labute approximate surface area is 187 Å².